The minimum atomic E-state index is 0.00934. The Bertz CT molecular complexity index is 672. The lowest BCUT2D eigenvalue weighted by Gasteiger charge is -2.18. The standard InChI is InChI=1S/C21H27N3O/c22-13-5-1-2-6-14-23-21(25)17-9-11-20(12-10-17)24-15-18-7-3-4-8-19(18)16-24/h3-4,7-12H,1-2,5-6,13-16,22H2,(H,23,25). The fraction of sp³-hybridized carbons (Fsp3) is 0.381. The van der Waals surface area contributed by atoms with E-state index in [9.17, 15) is 4.79 Å². The van der Waals surface area contributed by atoms with Crippen molar-refractivity contribution in [1.82, 2.24) is 5.32 Å². The van der Waals surface area contributed by atoms with Gasteiger partial charge < -0.3 is 16.0 Å². The molecule has 2 aromatic carbocycles. The first-order valence-electron chi connectivity index (χ1n) is 9.18. The average molecular weight is 337 g/mol. The Morgan fingerprint density at radius 3 is 2.20 bits per heavy atom. The second-order valence-corrected chi connectivity index (χ2v) is 6.63. The van der Waals surface area contributed by atoms with Crippen molar-refractivity contribution >= 4 is 11.6 Å². The number of amides is 1. The summed E-state index contributed by atoms with van der Waals surface area (Å²) in [6.45, 7) is 3.35. The number of benzene rings is 2. The van der Waals surface area contributed by atoms with Gasteiger partial charge in [-0.05, 0) is 54.8 Å². The number of nitrogens with one attached hydrogen (secondary N) is 1. The summed E-state index contributed by atoms with van der Waals surface area (Å²) in [6.07, 6.45) is 4.33. The third kappa shape index (κ3) is 4.60. The lowest BCUT2D eigenvalue weighted by Crippen LogP contribution is -2.24. The van der Waals surface area contributed by atoms with Crippen molar-refractivity contribution in [2.45, 2.75) is 38.8 Å². The SMILES string of the molecule is NCCCCCCNC(=O)c1ccc(N2Cc3ccccc3C2)cc1. The third-order valence-corrected chi connectivity index (χ3v) is 4.75. The molecule has 0 unspecified atom stereocenters. The number of anilines is 1. The van der Waals surface area contributed by atoms with Crippen LogP contribution in [0.1, 0.15) is 47.2 Å². The molecule has 1 heterocycles. The minimum Gasteiger partial charge on any atom is -0.363 e. The van der Waals surface area contributed by atoms with Crippen LogP contribution in [0.15, 0.2) is 48.5 Å². The van der Waals surface area contributed by atoms with Gasteiger partial charge in [-0.15, -0.1) is 0 Å². The summed E-state index contributed by atoms with van der Waals surface area (Å²) in [5.41, 5.74) is 10.1. The van der Waals surface area contributed by atoms with Gasteiger partial charge in [0.1, 0.15) is 0 Å². The lowest BCUT2D eigenvalue weighted by atomic mass is 10.1. The molecule has 4 nitrogen and oxygen atoms in total. The Morgan fingerprint density at radius 2 is 1.56 bits per heavy atom. The van der Waals surface area contributed by atoms with Crippen LogP contribution in [0.2, 0.25) is 0 Å². The van der Waals surface area contributed by atoms with Gasteiger partial charge >= 0.3 is 0 Å². The van der Waals surface area contributed by atoms with Crippen molar-refractivity contribution < 1.29 is 4.79 Å². The van der Waals surface area contributed by atoms with Gasteiger partial charge in [0, 0.05) is 30.9 Å². The highest BCUT2D eigenvalue weighted by atomic mass is 16.1. The van der Waals surface area contributed by atoms with Gasteiger partial charge in [0.05, 0.1) is 0 Å². The maximum Gasteiger partial charge on any atom is 0.251 e. The molecule has 0 radical (unpaired) electrons. The van der Waals surface area contributed by atoms with Crippen LogP contribution in [0.5, 0.6) is 0 Å². The molecule has 25 heavy (non-hydrogen) atoms. The molecular formula is C21H27N3O. The molecule has 0 saturated heterocycles. The number of carbonyl (C=O) groups is 1. The van der Waals surface area contributed by atoms with Crippen LogP contribution < -0.4 is 16.0 Å². The van der Waals surface area contributed by atoms with E-state index in [0.29, 0.717) is 0 Å². The van der Waals surface area contributed by atoms with E-state index >= 15 is 0 Å². The maximum atomic E-state index is 12.2. The Labute approximate surface area is 150 Å². The van der Waals surface area contributed by atoms with Crippen molar-refractivity contribution in [2.75, 3.05) is 18.0 Å². The van der Waals surface area contributed by atoms with Gasteiger partial charge in [-0.1, -0.05) is 37.1 Å². The molecule has 1 aliphatic rings. The molecule has 132 valence electrons. The van der Waals surface area contributed by atoms with Crippen molar-refractivity contribution in [2.24, 2.45) is 5.73 Å². The first-order chi connectivity index (χ1) is 12.3. The summed E-state index contributed by atoms with van der Waals surface area (Å²) in [4.78, 5) is 14.5. The van der Waals surface area contributed by atoms with Crippen molar-refractivity contribution in [3.63, 3.8) is 0 Å². The first kappa shape index (κ1) is 17.5. The van der Waals surface area contributed by atoms with E-state index in [1.165, 1.54) is 11.1 Å². The molecule has 0 aliphatic carbocycles. The van der Waals surface area contributed by atoms with Crippen LogP contribution >= 0.6 is 0 Å². The van der Waals surface area contributed by atoms with E-state index in [4.69, 9.17) is 5.73 Å². The molecular weight excluding hydrogens is 310 g/mol. The highest BCUT2D eigenvalue weighted by molar-refractivity contribution is 5.94. The van der Waals surface area contributed by atoms with Gasteiger partial charge in [0.25, 0.3) is 5.91 Å². The predicted molar refractivity (Wildman–Crippen MR) is 103 cm³/mol. The van der Waals surface area contributed by atoms with E-state index in [-0.39, 0.29) is 5.91 Å². The van der Waals surface area contributed by atoms with E-state index in [0.717, 1.165) is 63.1 Å². The quantitative estimate of drug-likeness (QED) is 0.725. The number of rotatable bonds is 8. The average Bonchev–Trinajstić information content (AvgIpc) is 3.09. The summed E-state index contributed by atoms with van der Waals surface area (Å²) in [7, 11) is 0. The van der Waals surface area contributed by atoms with Crippen molar-refractivity contribution in [3.8, 4) is 0 Å². The highest BCUT2D eigenvalue weighted by Gasteiger charge is 2.18. The van der Waals surface area contributed by atoms with Gasteiger partial charge in [-0.3, -0.25) is 4.79 Å². The molecule has 4 heteroatoms. The van der Waals surface area contributed by atoms with Crippen LogP contribution in [-0.2, 0) is 13.1 Å². The molecule has 3 N–H and O–H groups in total. The molecule has 0 spiro atoms. The lowest BCUT2D eigenvalue weighted by molar-refractivity contribution is 0.0953. The van der Waals surface area contributed by atoms with E-state index in [2.05, 4.69) is 34.5 Å². The fourth-order valence-electron chi connectivity index (χ4n) is 3.27. The van der Waals surface area contributed by atoms with Gasteiger partial charge in [-0.2, -0.15) is 0 Å². The zero-order valence-electron chi connectivity index (χ0n) is 14.7. The Hall–Kier alpha value is -2.33. The molecule has 0 saturated carbocycles. The van der Waals surface area contributed by atoms with Crippen LogP contribution in [0.4, 0.5) is 5.69 Å². The number of hydrogen-bond acceptors (Lipinski definition) is 3. The second kappa shape index (κ2) is 8.67. The van der Waals surface area contributed by atoms with Crippen molar-refractivity contribution in [3.05, 3.63) is 65.2 Å². The molecule has 0 aromatic heterocycles. The molecule has 3 rings (SSSR count). The number of nitrogens with two attached hydrogens (primary N) is 1. The normalized spacial score (nSPS) is 12.9. The Morgan fingerprint density at radius 1 is 0.920 bits per heavy atom. The molecule has 1 amide bonds. The largest absolute Gasteiger partial charge is 0.363 e. The number of nitrogens with zero attached hydrogens (tertiary/aromatic N) is 1. The number of hydrogen-bond donors (Lipinski definition) is 2. The second-order valence-electron chi connectivity index (χ2n) is 6.63. The molecule has 0 bridgehead atoms. The zero-order chi connectivity index (χ0) is 17.5. The Balaban J connectivity index is 1.48. The van der Waals surface area contributed by atoms with Gasteiger partial charge in [0.15, 0.2) is 0 Å². The topological polar surface area (TPSA) is 58.4 Å². The monoisotopic (exact) mass is 337 g/mol. The predicted octanol–water partition coefficient (Wildman–Crippen LogP) is 3.46. The summed E-state index contributed by atoms with van der Waals surface area (Å²) >= 11 is 0. The van der Waals surface area contributed by atoms with Gasteiger partial charge in [0.2, 0.25) is 0 Å². The smallest absolute Gasteiger partial charge is 0.251 e. The van der Waals surface area contributed by atoms with E-state index in [1.54, 1.807) is 0 Å². The Kier molecular flexibility index (Phi) is 6.07. The van der Waals surface area contributed by atoms with Gasteiger partial charge in [-0.25, -0.2) is 0 Å². The zero-order valence-corrected chi connectivity index (χ0v) is 14.7. The third-order valence-electron chi connectivity index (χ3n) is 4.75. The van der Waals surface area contributed by atoms with Crippen LogP contribution in [0.3, 0.4) is 0 Å². The summed E-state index contributed by atoms with van der Waals surface area (Å²) < 4.78 is 0. The van der Waals surface area contributed by atoms with Crippen LogP contribution in [0.25, 0.3) is 0 Å². The van der Waals surface area contributed by atoms with E-state index < -0.39 is 0 Å². The van der Waals surface area contributed by atoms with Crippen molar-refractivity contribution in [1.29, 1.82) is 0 Å². The fourth-order valence-corrected chi connectivity index (χ4v) is 3.27. The summed E-state index contributed by atoms with van der Waals surface area (Å²) in [6, 6.07) is 16.5. The molecule has 0 atom stereocenters. The molecule has 1 aliphatic heterocycles. The van der Waals surface area contributed by atoms with Crippen LogP contribution in [-0.4, -0.2) is 19.0 Å². The number of unbranched alkanes of at least 4 members (excludes halogenated alkanes) is 3. The molecule has 0 fully saturated rings. The maximum absolute atomic E-state index is 12.2. The highest BCUT2D eigenvalue weighted by Crippen LogP contribution is 2.28. The minimum absolute atomic E-state index is 0.00934. The molecule has 2 aromatic rings. The number of fused-ring (bicyclic) bond motifs is 1. The summed E-state index contributed by atoms with van der Waals surface area (Å²) in [5, 5.41) is 3.00. The first-order valence-corrected chi connectivity index (χ1v) is 9.18. The van der Waals surface area contributed by atoms with Crippen LogP contribution in [0, 0.1) is 0 Å². The number of carbonyl (C=O) groups excluding carboxylic acids is 1. The summed E-state index contributed by atoms with van der Waals surface area (Å²) in [5.74, 6) is 0.00934. The van der Waals surface area contributed by atoms with E-state index in [1.807, 2.05) is 24.3 Å².